The molecule has 0 aliphatic carbocycles. The molecule has 76 valence electrons. The van der Waals surface area contributed by atoms with E-state index in [1.165, 1.54) is 37.9 Å². The normalized spacial score (nSPS) is 41.7. The molecule has 1 nitrogen and oxygen atoms in total. The minimum Gasteiger partial charge on any atom is -0.260 e. The topological polar surface area (TPSA) is 17.1 Å². The van der Waals surface area contributed by atoms with Crippen molar-refractivity contribution < 1.29 is 4.21 Å². The Morgan fingerprint density at radius 2 is 2.08 bits per heavy atom. The van der Waals surface area contributed by atoms with E-state index in [4.69, 9.17) is 0 Å². The summed E-state index contributed by atoms with van der Waals surface area (Å²) in [6.07, 6.45) is 6.72. The summed E-state index contributed by atoms with van der Waals surface area (Å²) in [6.45, 7) is 0. The molecule has 2 heterocycles. The third-order valence-corrected chi connectivity index (χ3v) is 6.20. The van der Waals surface area contributed by atoms with Crippen molar-refractivity contribution in [1.82, 2.24) is 0 Å². The first-order valence-corrected chi connectivity index (χ1v) is 7.86. The van der Waals surface area contributed by atoms with Crippen molar-refractivity contribution in [1.29, 1.82) is 0 Å². The first-order chi connectivity index (χ1) is 6.36. The SMILES string of the molecule is O=S1CCCC(C2CCCCS2)C1. The zero-order valence-corrected chi connectivity index (χ0v) is 9.67. The lowest BCUT2D eigenvalue weighted by Gasteiger charge is -2.31. The summed E-state index contributed by atoms with van der Waals surface area (Å²) in [4.78, 5) is 0. The lowest BCUT2D eigenvalue weighted by Crippen LogP contribution is -2.30. The summed E-state index contributed by atoms with van der Waals surface area (Å²) < 4.78 is 11.4. The van der Waals surface area contributed by atoms with Gasteiger partial charge in [-0.2, -0.15) is 11.8 Å². The number of hydrogen-bond acceptors (Lipinski definition) is 2. The van der Waals surface area contributed by atoms with Crippen LogP contribution in [0.15, 0.2) is 0 Å². The second-order valence-corrected chi connectivity index (χ2v) is 7.09. The van der Waals surface area contributed by atoms with Gasteiger partial charge in [0.25, 0.3) is 0 Å². The summed E-state index contributed by atoms with van der Waals surface area (Å²) in [5, 5.41) is 0.845. The molecule has 2 rings (SSSR count). The van der Waals surface area contributed by atoms with Crippen LogP contribution in [0.25, 0.3) is 0 Å². The standard InChI is InChI=1S/C10H18OS2/c11-13-7-3-4-9(8-13)10-5-1-2-6-12-10/h9-10H,1-8H2. The van der Waals surface area contributed by atoms with Crippen molar-refractivity contribution in [3.8, 4) is 0 Å². The van der Waals surface area contributed by atoms with Gasteiger partial charge in [0.2, 0.25) is 0 Å². The molecule has 0 radical (unpaired) electrons. The molecule has 0 saturated carbocycles. The van der Waals surface area contributed by atoms with Crippen LogP contribution in [-0.2, 0) is 10.8 Å². The molecule has 2 aliphatic heterocycles. The van der Waals surface area contributed by atoms with Gasteiger partial charge in [-0.25, -0.2) is 0 Å². The summed E-state index contributed by atoms with van der Waals surface area (Å²) in [5.74, 6) is 4.08. The van der Waals surface area contributed by atoms with Crippen LogP contribution in [0.5, 0.6) is 0 Å². The first-order valence-electron chi connectivity index (χ1n) is 5.33. The van der Waals surface area contributed by atoms with E-state index < -0.39 is 10.8 Å². The van der Waals surface area contributed by atoms with Crippen molar-refractivity contribution in [3.63, 3.8) is 0 Å². The van der Waals surface area contributed by atoms with Crippen molar-refractivity contribution >= 4 is 22.6 Å². The fourth-order valence-electron chi connectivity index (χ4n) is 2.34. The van der Waals surface area contributed by atoms with Gasteiger partial charge in [0.1, 0.15) is 0 Å². The largest absolute Gasteiger partial charge is 0.260 e. The molecule has 3 heteroatoms. The Bertz CT molecular complexity index is 187. The average molecular weight is 218 g/mol. The van der Waals surface area contributed by atoms with Gasteiger partial charge in [-0.15, -0.1) is 0 Å². The summed E-state index contributed by atoms with van der Waals surface area (Å²) in [6, 6.07) is 0. The Morgan fingerprint density at radius 1 is 1.15 bits per heavy atom. The second kappa shape index (κ2) is 4.83. The minimum absolute atomic E-state index is 0.485. The van der Waals surface area contributed by atoms with Crippen molar-refractivity contribution in [2.75, 3.05) is 17.3 Å². The maximum absolute atomic E-state index is 11.4. The van der Waals surface area contributed by atoms with Gasteiger partial charge in [0, 0.05) is 27.6 Å². The molecule has 0 aromatic rings. The Hall–Kier alpha value is 0.500. The maximum Gasteiger partial charge on any atom is 0.0273 e. The summed E-state index contributed by atoms with van der Waals surface area (Å²) in [5.41, 5.74) is 0. The van der Waals surface area contributed by atoms with E-state index in [9.17, 15) is 4.21 Å². The Morgan fingerprint density at radius 3 is 2.77 bits per heavy atom. The average Bonchev–Trinajstić information content (AvgIpc) is 2.19. The molecule has 2 fully saturated rings. The highest BCUT2D eigenvalue weighted by Gasteiger charge is 2.28. The van der Waals surface area contributed by atoms with Gasteiger partial charge in [-0.3, -0.25) is 4.21 Å². The third kappa shape index (κ3) is 2.72. The Balaban J connectivity index is 1.87. The lowest BCUT2D eigenvalue weighted by atomic mass is 9.97. The van der Waals surface area contributed by atoms with Crippen LogP contribution in [0.2, 0.25) is 0 Å². The lowest BCUT2D eigenvalue weighted by molar-refractivity contribution is 0.457. The van der Waals surface area contributed by atoms with E-state index in [2.05, 4.69) is 11.8 Å². The zero-order valence-electron chi connectivity index (χ0n) is 8.04. The highest BCUT2D eigenvalue weighted by Crippen LogP contribution is 2.34. The fourth-order valence-corrected chi connectivity index (χ4v) is 5.51. The predicted molar refractivity (Wildman–Crippen MR) is 60.7 cm³/mol. The second-order valence-electron chi connectivity index (χ2n) is 4.12. The summed E-state index contributed by atoms with van der Waals surface area (Å²) >= 11 is 2.14. The molecule has 2 aliphatic rings. The highest BCUT2D eigenvalue weighted by atomic mass is 32.2. The zero-order chi connectivity index (χ0) is 9.10. The Kier molecular flexibility index (Phi) is 3.73. The van der Waals surface area contributed by atoms with Gasteiger partial charge in [0.05, 0.1) is 0 Å². The van der Waals surface area contributed by atoms with E-state index >= 15 is 0 Å². The molecule has 2 saturated heterocycles. The molecule has 0 aromatic carbocycles. The fraction of sp³-hybridized carbons (Fsp3) is 1.00. The molecule has 3 atom stereocenters. The molecule has 0 N–H and O–H groups in total. The van der Waals surface area contributed by atoms with Gasteiger partial charge >= 0.3 is 0 Å². The van der Waals surface area contributed by atoms with Crippen molar-refractivity contribution in [2.45, 2.75) is 37.4 Å². The van der Waals surface area contributed by atoms with Gasteiger partial charge < -0.3 is 0 Å². The maximum atomic E-state index is 11.4. The quantitative estimate of drug-likeness (QED) is 0.672. The van der Waals surface area contributed by atoms with Crippen molar-refractivity contribution in [2.24, 2.45) is 5.92 Å². The highest BCUT2D eigenvalue weighted by molar-refractivity contribution is 8.00. The Labute approximate surface area is 87.5 Å². The first kappa shape index (κ1) is 10.0. The number of thioether (sulfide) groups is 1. The van der Waals surface area contributed by atoms with E-state index in [0.717, 1.165) is 22.7 Å². The van der Waals surface area contributed by atoms with E-state index in [1.54, 1.807) is 0 Å². The van der Waals surface area contributed by atoms with Gasteiger partial charge in [-0.1, -0.05) is 6.42 Å². The molecular weight excluding hydrogens is 200 g/mol. The smallest absolute Gasteiger partial charge is 0.0273 e. The number of hydrogen-bond donors (Lipinski definition) is 0. The molecule has 0 amide bonds. The molecule has 0 bridgehead atoms. The molecule has 13 heavy (non-hydrogen) atoms. The van der Waals surface area contributed by atoms with Gasteiger partial charge in [-0.05, 0) is 37.4 Å². The van der Waals surface area contributed by atoms with Gasteiger partial charge in [0.15, 0.2) is 0 Å². The van der Waals surface area contributed by atoms with E-state index in [-0.39, 0.29) is 0 Å². The number of rotatable bonds is 1. The van der Waals surface area contributed by atoms with Crippen LogP contribution in [0.3, 0.4) is 0 Å². The van der Waals surface area contributed by atoms with Crippen molar-refractivity contribution in [3.05, 3.63) is 0 Å². The van der Waals surface area contributed by atoms with Crippen LogP contribution in [-0.4, -0.2) is 26.7 Å². The monoisotopic (exact) mass is 218 g/mol. The third-order valence-electron chi connectivity index (χ3n) is 3.09. The summed E-state index contributed by atoms with van der Waals surface area (Å²) in [7, 11) is -0.485. The molecule has 0 aromatic heterocycles. The van der Waals surface area contributed by atoms with E-state index in [0.29, 0.717) is 0 Å². The van der Waals surface area contributed by atoms with Crippen LogP contribution in [0, 0.1) is 5.92 Å². The predicted octanol–water partition coefficient (Wildman–Crippen LogP) is 2.43. The molecule has 0 spiro atoms. The van der Waals surface area contributed by atoms with Crippen LogP contribution in [0.4, 0.5) is 0 Å². The van der Waals surface area contributed by atoms with Crippen LogP contribution in [0.1, 0.15) is 32.1 Å². The minimum atomic E-state index is -0.485. The van der Waals surface area contributed by atoms with E-state index in [1.807, 2.05) is 0 Å². The molecule has 3 unspecified atom stereocenters. The molecular formula is C10H18OS2. The van der Waals surface area contributed by atoms with Crippen LogP contribution >= 0.6 is 11.8 Å². The van der Waals surface area contributed by atoms with Crippen LogP contribution < -0.4 is 0 Å².